The summed E-state index contributed by atoms with van der Waals surface area (Å²) < 4.78 is 19.0. The smallest absolute Gasteiger partial charge is 0.263 e. The SMILES string of the molecule is CCNC(=O)C1CCN(c2ncnc3onc(-c4cccc(F)c4)c23)CC1. The number of piperidine rings is 1. The molecule has 3 aromatic rings. The molecule has 2 aromatic heterocycles. The minimum Gasteiger partial charge on any atom is -0.356 e. The monoisotopic (exact) mass is 369 g/mol. The summed E-state index contributed by atoms with van der Waals surface area (Å²) in [5, 5.41) is 7.65. The Bertz CT molecular complexity index is 966. The Hall–Kier alpha value is -3.03. The Morgan fingerprint density at radius 1 is 1.33 bits per heavy atom. The van der Waals surface area contributed by atoms with Crippen molar-refractivity contribution in [2.75, 3.05) is 24.5 Å². The van der Waals surface area contributed by atoms with Gasteiger partial charge in [-0.2, -0.15) is 4.98 Å². The van der Waals surface area contributed by atoms with Gasteiger partial charge in [-0.1, -0.05) is 17.3 Å². The van der Waals surface area contributed by atoms with Crippen LogP contribution in [0.5, 0.6) is 0 Å². The van der Waals surface area contributed by atoms with Crippen molar-refractivity contribution in [3.63, 3.8) is 0 Å². The summed E-state index contributed by atoms with van der Waals surface area (Å²) in [6.45, 7) is 3.96. The van der Waals surface area contributed by atoms with Gasteiger partial charge in [0.05, 0.1) is 0 Å². The lowest BCUT2D eigenvalue weighted by molar-refractivity contribution is -0.125. The van der Waals surface area contributed by atoms with Gasteiger partial charge in [0, 0.05) is 31.1 Å². The van der Waals surface area contributed by atoms with E-state index in [0.717, 1.165) is 12.8 Å². The summed E-state index contributed by atoms with van der Waals surface area (Å²) in [6.07, 6.45) is 2.93. The molecular formula is C19H20FN5O2. The average Bonchev–Trinajstić information content (AvgIpc) is 3.13. The second kappa shape index (κ2) is 7.30. The second-order valence-electron chi connectivity index (χ2n) is 6.57. The largest absolute Gasteiger partial charge is 0.356 e. The van der Waals surface area contributed by atoms with Crippen LogP contribution < -0.4 is 10.2 Å². The van der Waals surface area contributed by atoms with Crippen molar-refractivity contribution < 1.29 is 13.7 Å². The van der Waals surface area contributed by atoms with E-state index in [4.69, 9.17) is 4.52 Å². The third-order valence-corrected chi connectivity index (χ3v) is 4.87. The normalized spacial score (nSPS) is 15.3. The lowest BCUT2D eigenvalue weighted by Gasteiger charge is -2.32. The highest BCUT2D eigenvalue weighted by Gasteiger charge is 2.28. The molecule has 1 N–H and O–H groups in total. The zero-order chi connectivity index (χ0) is 18.8. The molecule has 0 spiro atoms. The van der Waals surface area contributed by atoms with Crippen molar-refractivity contribution in [2.24, 2.45) is 5.92 Å². The summed E-state index contributed by atoms with van der Waals surface area (Å²) >= 11 is 0. The number of hydrogen-bond acceptors (Lipinski definition) is 6. The zero-order valence-electron chi connectivity index (χ0n) is 15.0. The summed E-state index contributed by atoms with van der Waals surface area (Å²) in [5.74, 6) is 0.485. The molecule has 0 saturated carbocycles. The molecule has 1 fully saturated rings. The molecule has 0 aliphatic carbocycles. The highest BCUT2D eigenvalue weighted by molar-refractivity contribution is 5.98. The zero-order valence-corrected chi connectivity index (χ0v) is 15.0. The molecule has 0 unspecified atom stereocenters. The number of carbonyl (C=O) groups is 1. The number of halogens is 1. The molecule has 1 aliphatic heterocycles. The van der Waals surface area contributed by atoms with Crippen LogP contribution in [0.15, 0.2) is 35.1 Å². The summed E-state index contributed by atoms with van der Waals surface area (Å²) in [7, 11) is 0. The van der Waals surface area contributed by atoms with E-state index < -0.39 is 0 Å². The highest BCUT2D eigenvalue weighted by Crippen LogP contribution is 2.34. The van der Waals surface area contributed by atoms with Crippen molar-refractivity contribution in [3.8, 4) is 11.3 Å². The lowest BCUT2D eigenvalue weighted by Crippen LogP contribution is -2.40. The van der Waals surface area contributed by atoms with Crippen LogP contribution >= 0.6 is 0 Å². The molecule has 3 heterocycles. The van der Waals surface area contributed by atoms with Gasteiger partial charge in [-0.3, -0.25) is 4.79 Å². The maximum Gasteiger partial charge on any atom is 0.263 e. The highest BCUT2D eigenvalue weighted by atomic mass is 19.1. The van der Waals surface area contributed by atoms with Gasteiger partial charge >= 0.3 is 0 Å². The molecule has 8 heteroatoms. The van der Waals surface area contributed by atoms with E-state index in [1.165, 1.54) is 18.5 Å². The Balaban J connectivity index is 1.65. The molecule has 1 aliphatic rings. The van der Waals surface area contributed by atoms with Gasteiger partial charge < -0.3 is 14.7 Å². The molecule has 1 amide bonds. The number of nitrogens with one attached hydrogen (secondary N) is 1. The van der Waals surface area contributed by atoms with Crippen LogP contribution in [0.1, 0.15) is 19.8 Å². The first kappa shape index (κ1) is 17.4. The Morgan fingerprint density at radius 2 is 2.15 bits per heavy atom. The van der Waals surface area contributed by atoms with E-state index in [-0.39, 0.29) is 17.6 Å². The number of carbonyl (C=O) groups excluding carboxylic acids is 1. The number of anilines is 1. The van der Waals surface area contributed by atoms with Crippen molar-refractivity contribution in [1.82, 2.24) is 20.4 Å². The molecule has 0 bridgehead atoms. The predicted molar refractivity (Wildman–Crippen MR) is 98.6 cm³/mol. The summed E-state index contributed by atoms with van der Waals surface area (Å²) in [4.78, 5) is 22.8. The minimum atomic E-state index is -0.343. The maximum absolute atomic E-state index is 13.7. The van der Waals surface area contributed by atoms with Crippen molar-refractivity contribution in [2.45, 2.75) is 19.8 Å². The summed E-state index contributed by atoms with van der Waals surface area (Å²) in [6, 6.07) is 6.20. The van der Waals surface area contributed by atoms with E-state index in [9.17, 15) is 9.18 Å². The fourth-order valence-electron chi connectivity index (χ4n) is 3.52. The molecule has 4 rings (SSSR count). The first-order valence-corrected chi connectivity index (χ1v) is 9.06. The number of amides is 1. The van der Waals surface area contributed by atoms with Crippen LogP contribution in [0, 0.1) is 11.7 Å². The quantitative estimate of drug-likeness (QED) is 0.761. The lowest BCUT2D eigenvalue weighted by atomic mass is 9.95. The van der Waals surface area contributed by atoms with E-state index in [1.54, 1.807) is 12.1 Å². The topological polar surface area (TPSA) is 84.2 Å². The maximum atomic E-state index is 13.7. The third-order valence-electron chi connectivity index (χ3n) is 4.87. The number of rotatable bonds is 4. The van der Waals surface area contributed by atoms with Gasteiger partial charge in [-0.25, -0.2) is 9.37 Å². The Labute approximate surface area is 155 Å². The van der Waals surface area contributed by atoms with Gasteiger partial charge in [0.25, 0.3) is 5.71 Å². The van der Waals surface area contributed by atoms with Crippen LogP contribution in [0.3, 0.4) is 0 Å². The minimum absolute atomic E-state index is 0.0173. The van der Waals surface area contributed by atoms with E-state index in [1.807, 2.05) is 6.92 Å². The number of nitrogens with zero attached hydrogens (tertiary/aromatic N) is 4. The van der Waals surface area contributed by atoms with Gasteiger partial charge in [0.1, 0.15) is 29.0 Å². The fraction of sp³-hybridized carbons (Fsp3) is 0.368. The molecule has 1 saturated heterocycles. The van der Waals surface area contributed by atoms with Crippen LogP contribution in [0.4, 0.5) is 10.2 Å². The van der Waals surface area contributed by atoms with Crippen molar-refractivity contribution in [1.29, 1.82) is 0 Å². The van der Waals surface area contributed by atoms with E-state index in [2.05, 4.69) is 25.3 Å². The molecule has 7 nitrogen and oxygen atoms in total. The standard InChI is InChI=1S/C19H20FN5O2/c1-2-21-18(26)12-6-8-25(9-7-12)17-15-16(13-4-3-5-14(20)10-13)24-27-19(15)23-11-22-17/h3-5,10-12H,2,6-9H2,1H3,(H,21,26). The fourth-order valence-corrected chi connectivity index (χ4v) is 3.52. The van der Waals surface area contributed by atoms with Gasteiger partial charge in [0.15, 0.2) is 0 Å². The number of fused-ring (bicyclic) bond motifs is 1. The Kier molecular flexibility index (Phi) is 4.70. The summed E-state index contributed by atoms with van der Waals surface area (Å²) in [5.41, 5.74) is 1.50. The number of benzene rings is 1. The number of aromatic nitrogens is 3. The number of hydrogen-bond donors (Lipinski definition) is 1. The van der Waals surface area contributed by atoms with Crippen LogP contribution in [-0.2, 0) is 4.79 Å². The molecule has 27 heavy (non-hydrogen) atoms. The van der Waals surface area contributed by atoms with Crippen LogP contribution in [-0.4, -0.2) is 40.7 Å². The molecule has 0 radical (unpaired) electrons. The third kappa shape index (κ3) is 3.34. The molecule has 0 atom stereocenters. The first-order chi connectivity index (χ1) is 13.2. The van der Waals surface area contributed by atoms with Crippen molar-refractivity contribution in [3.05, 3.63) is 36.4 Å². The van der Waals surface area contributed by atoms with Crippen LogP contribution in [0.25, 0.3) is 22.4 Å². The Morgan fingerprint density at radius 3 is 2.89 bits per heavy atom. The van der Waals surface area contributed by atoms with Gasteiger partial charge in [-0.15, -0.1) is 0 Å². The predicted octanol–water partition coefficient (Wildman–Crippen LogP) is 2.78. The molecule has 1 aromatic carbocycles. The van der Waals surface area contributed by atoms with E-state index >= 15 is 0 Å². The average molecular weight is 369 g/mol. The van der Waals surface area contributed by atoms with E-state index in [0.29, 0.717) is 47.8 Å². The first-order valence-electron chi connectivity index (χ1n) is 9.06. The van der Waals surface area contributed by atoms with Crippen LogP contribution in [0.2, 0.25) is 0 Å². The molecular weight excluding hydrogens is 349 g/mol. The van der Waals surface area contributed by atoms with Gasteiger partial charge in [0.2, 0.25) is 5.91 Å². The van der Waals surface area contributed by atoms with Gasteiger partial charge in [-0.05, 0) is 31.9 Å². The van der Waals surface area contributed by atoms with Crippen molar-refractivity contribution >= 4 is 22.8 Å². The molecule has 140 valence electrons. The second-order valence-corrected chi connectivity index (χ2v) is 6.57.